The van der Waals surface area contributed by atoms with Crippen molar-refractivity contribution in [2.45, 2.75) is 6.61 Å². The molecule has 0 spiro atoms. The van der Waals surface area contributed by atoms with E-state index >= 15 is 0 Å². The van der Waals surface area contributed by atoms with Crippen LogP contribution in [0.5, 0.6) is 6.01 Å². The molecule has 3 aromatic rings. The zero-order valence-electron chi connectivity index (χ0n) is 10.6. The molecule has 0 aliphatic carbocycles. The zero-order chi connectivity index (χ0) is 14.7. The first-order valence-electron chi connectivity index (χ1n) is 5.99. The molecule has 8 heteroatoms. The molecule has 0 fully saturated rings. The predicted molar refractivity (Wildman–Crippen MR) is 80.4 cm³/mol. The van der Waals surface area contributed by atoms with Crippen LogP contribution in [-0.4, -0.2) is 24.7 Å². The predicted octanol–water partition coefficient (Wildman–Crippen LogP) is 3.05. The van der Waals surface area contributed by atoms with Crippen LogP contribution in [0, 0.1) is 0 Å². The third-order valence-electron chi connectivity index (χ3n) is 2.57. The van der Waals surface area contributed by atoms with Crippen molar-refractivity contribution in [3.05, 3.63) is 58.0 Å². The molecule has 1 aromatic carbocycles. The van der Waals surface area contributed by atoms with Crippen molar-refractivity contribution in [3.63, 3.8) is 0 Å². The van der Waals surface area contributed by atoms with Crippen LogP contribution in [0.3, 0.4) is 0 Å². The molecule has 0 bridgehead atoms. The summed E-state index contributed by atoms with van der Waals surface area (Å²) >= 11 is 9.26. The Morgan fingerprint density at radius 3 is 2.67 bits per heavy atom. The van der Waals surface area contributed by atoms with E-state index in [-0.39, 0.29) is 11.3 Å². The van der Waals surface area contributed by atoms with Crippen molar-refractivity contribution < 1.29 is 4.74 Å². The number of nitrogens with zero attached hydrogens (tertiary/aromatic N) is 5. The Hall–Kier alpha value is -1.99. The minimum atomic E-state index is 0.0568. The lowest BCUT2D eigenvalue weighted by molar-refractivity contribution is 0.279. The van der Waals surface area contributed by atoms with Crippen molar-refractivity contribution in [3.8, 4) is 12.0 Å². The lowest BCUT2D eigenvalue weighted by Crippen LogP contribution is -2.07. The van der Waals surface area contributed by atoms with Gasteiger partial charge in [0.05, 0.1) is 0 Å². The fourth-order valence-corrected chi connectivity index (χ4v) is 2.02. The van der Waals surface area contributed by atoms with E-state index in [0.717, 1.165) is 10.0 Å². The van der Waals surface area contributed by atoms with Crippen LogP contribution in [0.15, 0.2) is 47.2 Å². The fraction of sp³-hybridized carbons (Fsp3) is 0.0769. The van der Waals surface area contributed by atoms with Gasteiger partial charge in [0.1, 0.15) is 6.61 Å². The van der Waals surface area contributed by atoms with Gasteiger partial charge in [0.25, 0.3) is 5.95 Å². The molecular weight excluding hydrogens is 358 g/mol. The maximum atomic E-state index is 5.88. The van der Waals surface area contributed by atoms with Crippen LogP contribution in [-0.2, 0) is 6.61 Å². The van der Waals surface area contributed by atoms with E-state index in [4.69, 9.17) is 16.3 Å². The molecule has 0 saturated carbocycles. The highest BCUT2D eigenvalue weighted by Crippen LogP contribution is 2.14. The van der Waals surface area contributed by atoms with Crippen molar-refractivity contribution in [1.29, 1.82) is 0 Å². The van der Waals surface area contributed by atoms with Gasteiger partial charge in [-0.05, 0) is 35.4 Å². The number of rotatable bonds is 4. The Morgan fingerprint density at radius 2 is 1.95 bits per heavy atom. The van der Waals surface area contributed by atoms with Gasteiger partial charge < -0.3 is 4.74 Å². The van der Waals surface area contributed by atoms with E-state index in [1.807, 2.05) is 24.3 Å². The third-order valence-corrected chi connectivity index (χ3v) is 3.26. The van der Waals surface area contributed by atoms with E-state index in [1.165, 1.54) is 4.68 Å². The lowest BCUT2D eigenvalue weighted by Gasteiger charge is -2.06. The van der Waals surface area contributed by atoms with Crippen LogP contribution in [0.4, 0.5) is 0 Å². The quantitative estimate of drug-likeness (QED) is 0.710. The van der Waals surface area contributed by atoms with Gasteiger partial charge in [0, 0.05) is 16.9 Å². The normalized spacial score (nSPS) is 10.6. The van der Waals surface area contributed by atoms with Crippen molar-refractivity contribution >= 4 is 27.5 Å². The fourth-order valence-electron chi connectivity index (χ4n) is 1.60. The van der Waals surface area contributed by atoms with Gasteiger partial charge in [0.15, 0.2) is 0 Å². The summed E-state index contributed by atoms with van der Waals surface area (Å²) in [5, 5.41) is 4.10. The number of ether oxygens (including phenoxy) is 1. The first-order chi connectivity index (χ1) is 10.2. The van der Waals surface area contributed by atoms with Crippen molar-refractivity contribution in [2.24, 2.45) is 0 Å². The van der Waals surface area contributed by atoms with Gasteiger partial charge >= 0.3 is 6.01 Å². The first kappa shape index (κ1) is 14.0. The molecule has 0 aliphatic rings. The summed E-state index contributed by atoms with van der Waals surface area (Å²) in [5.74, 6) is 0.311. The lowest BCUT2D eigenvalue weighted by atomic mass is 10.2. The summed E-state index contributed by atoms with van der Waals surface area (Å²) in [4.78, 5) is 12.1. The molecule has 0 amide bonds. The minimum Gasteiger partial charge on any atom is -0.458 e. The van der Waals surface area contributed by atoms with Crippen LogP contribution >= 0.6 is 27.5 Å². The van der Waals surface area contributed by atoms with Crippen LogP contribution < -0.4 is 4.74 Å². The van der Waals surface area contributed by atoms with Gasteiger partial charge in [-0.1, -0.05) is 28.1 Å². The molecule has 2 heterocycles. The monoisotopic (exact) mass is 365 g/mol. The summed E-state index contributed by atoms with van der Waals surface area (Å²) in [6, 6.07) is 9.69. The molecule has 0 N–H and O–H groups in total. The second kappa shape index (κ2) is 6.19. The van der Waals surface area contributed by atoms with Crippen molar-refractivity contribution in [1.82, 2.24) is 24.7 Å². The molecule has 2 aromatic heterocycles. The van der Waals surface area contributed by atoms with E-state index in [0.29, 0.717) is 12.6 Å². The third kappa shape index (κ3) is 3.56. The second-order valence-corrected chi connectivity index (χ2v) is 5.31. The largest absolute Gasteiger partial charge is 0.458 e. The maximum Gasteiger partial charge on any atom is 0.322 e. The minimum absolute atomic E-state index is 0.0568. The highest BCUT2D eigenvalue weighted by atomic mass is 79.9. The Kier molecular flexibility index (Phi) is 4.12. The zero-order valence-corrected chi connectivity index (χ0v) is 13.0. The standard InChI is InChI=1S/C13H9BrClN5O/c14-10-4-2-9(3-5-10)8-21-13-18-11(15)17-12(19-13)20-7-1-6-16-20/h1-7H,8H2. The second-order valence-electron chi connectivity index (χ2n) is 4.05. The molecule has 21 heavy (non-hydrogen) atoms. The average Bonchev–Trinajstić information content (AvgIpc) is 3.00. The molecule has 106 valence electrons. The van der Waals surface area contributed by atoms with Crippen LogP contribution in [0.1, 0.15) is 5.56 Å². The SMILES string of the molecule is Clc1nc(OCc2ccc(Br)cc2)nc(-n2cccn2)n1. The Bertz CT molecular complexity index is 733. The summed E-state index contributed by atoms with van der Waals surface area (Å²) in [6.07, 6.45) is 3.34. The number of halogens is 2. The van der Waals surface area contributed by atoms with Gasteiger partial charge in [-0.2, -0.15) is 20.1 Å². The topological polar surface area (TPSA) is 65.7 Å². The summed E-state index contributed by atoms with van der Waals surface area (Å²) < 4.78 is 8.04. The molecular formula is C13H9BrClN5O. The molecule has 0 unspecified atom stereocenters. The maximum absolute atomic E-state index is 5.88. The Morgan fingerprint density at radius 1 is 1.14 bits per heavy atom. The Balaban J connectivity index is 1.78. The summed E-state index contributed by atoms with van der Waals surface area (Å²) in [6.45, 7) is 0.339. The summed E-state index contributed by atoms with van der Waals surface area (Å²) in [5.41, 5.74) is 0.996. The average molecular weight is 367 g/mol. The number of hydrogen-bond donors (Lipinski definition) is 0. The van der Waals surface area contributed by atoms with E-state index in [2.05, 4.69) is 36.0 Å². The van der Waals surface area contributed by atoms with E-state index < -0.39 is 0 Å². The van der Waals surface area contributed by atoms with Gasteiger partial charge in [0.2, 0.25) is 5.28 Å². The summed E-state index contributed by atoms with van der Waals surface area (Å²) in [7, 11) is 0. The van der Waals surface area contributed by atoms with Gasteiger partial charge in [-0.15, -0.1) is 0 Å². The first-order valence-corrected chi connectivity index (χ1v) is 7.16. The van der Waals surface area contributed by atoms with Crippen LogP contribution in [0.25, 0.3) is 5.95 Å². The van der Waals surface area contributed by atoms with Gasteiger partial charge in [-0.3, -0.25) is 0 Å². The highest BCUT2D eigenvalue weighted by molar-refractivity contribution is 9.10. The Labute approximate surface area is 133 Å². The molecule has 0 atom stereocenters. The number of benzene rings is 1. The molecule has 0 saturated heterocycles. The number of hydrogen-bond acceptors (Lipinski definition) is 5. The molecule has 0 aliphatic heterocycles. The smallest absolute Gasteiger partial charge is 0.322 e. The highest BCUT2D eigenvalue weighted by Gasteiger charge is 2.08. The van der Waals surface area contributed by atoms with Crippen molar-refractivity contribution in [2.75, 3.05) is 0 Å². The van der Waals surface area contributed by atoms with Gasteiger partial charge in [-0.25, -0.2) is 4.68 Å². The number of aromatic nitrogens is 5. The van der Waals surface area contributed by atoms with Crippen LogP contribution in [0.2, 0.25) is 5.28 Å². The van der Waals surface area contributed by atoms with E-state index in [1.54, 1.807) is 18.5 Å². The van der Waals surface area contributed by atoms with E-state index in [9.17, 15) is 0 Å². The molecule has 0 radical (unpaired) electrons. The molecule has 3 rings (SSSR count). The molecule has 6 nitrogen and oxygen atoms in total.